The second kappa shape index (κ2) is 7.00. The molecule has 0 aliphatic heterocycles. The lowest BCUT2D eigenvalue weighted by Gasteiger charge is -2.12. The smallest absolute Gasteiger partial charge is 0.226 e. The van der Waals surface area contributed by atoms with Crippen molar-refractivity contribution in [3.63, 3.8) is 0 Å². The number of nitrogens with zero attached hydrogens (tertiary/aromatic N) is 6. The highest BCUT2D eigenvalue weighted by Gasteiger charge is 2.15. The Morgan fingerprint density at radius 2 is 2.00 bits per heavy atom. The van der Waals surface area contributed by atoms with Crippen LogP contribution in [0.3, 0.4) is 0 Å². The Morgan fingerprint density at radius 1 is 1.15 bits per heavy atom. The summed E-state index contributed by atoms with van der Waals surface area (Å²) in [6.07, 6.45) is 5.58. The number of pyridine rings is 1. The van der Waals surface area contributed by atoms with E-state index < -0.39 is 0 Å². The zero-order chi connectivity index (χ0) is 19.0. The van der Waals surface area contributed by atoms with Gasteiger partial charge in [-0.15, -0.1) is 0 Å². The second-order valence-electron chi connectivity index (χ2n) is 6.63. The first-order valence-electron chi connectivity index (χ1n) is 8.74. The summed E-state index contributed by atoms with van der Waals surface area (Å²) in [5.41, 5.74) is 4.48. The number of rotatable bonds is 5. The molecule has 4 heterocycles. The topological polar surface area (TPSA) is 73.5 Å². The molecule has 138 valence electrons. The Bertz CT molecular complexity index is 1100. The number of imidazole rings is 1. The highest BCUT2D eigenvalue weighted by Crippen LogP contribution is 2.25. The maximum absolute atomic E-state index is 6.15. The first kappa shape index (κ1) is 17.5. The molecule has 0 atom stereocenters. The summed E-state index contributed by atoms with van der Waals surface area (Å²) in [6, 6.07) is 8.27. The number of aromatic nitrogens is 6. The van der Waals surface area contributed by atoms with Gasteiger partial charge in [-0.2, -0.15) is 9.97 Å². The molecule has 0 amide bonds. The van der Waals surface area contributed by atoms with Crippen molar-refractivity contribution < 1.29 is 0 Å². The molecule has 0 saturated carbocycles. The molecule has 0 fully saturated rings. The molecule has 0 spiro atoms. The van der Waals surface area contributed by atoms with Crippen molar-refractivity contribution in [3.8, 4) is 11.4 Å². The van der Waals surface area contributed by atoms with Crippen LogP contribution in [0.4, 0.5) is 5.82 Å². The van der Waals surface area contributed by atoms with E-state index in [0.717, 1.165) is 22.6 Å². The van der Waals surface area contributed by atoms with Crippen LogP contribution < -0.4 is 5.32 Å². The Labute approximate surface area is 162 Å². The van der Waals surface area contributed by atoms with Crippen molar-refractivity contribution in [2.45, 2.75) is 26.4 Å². The molecule has 27 heavy (non-hydrogen) atoms. The van der Waals surface area contributed by atoms with Gasteiger partial charge in [-0.3, -0.25) is 4.98 Å². The van der Waals surface area contributed by atoms with E-state index in [0.29, 0.717) is 17.9 Å². The minimum Gasteiger partial charge on any atom is -0.364 e. The van der Waals surface area contributed by atoms with E-state index >= 15 is 0 Å². The molecule has 0 radical (unpaired) electrons. The molecule has 0 aromatic carbocycles. The monoisotopic (exact) mass is 381 g/mol. The van der Waals surface area contributed by atoms with E-state index in [1.807, 2.05) is 29.9 Å². The van der Waals surface area contributed by atoms with Crippen LogP contribution in [0.2, 0.25) is 5.28 Å². The van der Waals surface area contributed by atoms with Crippen LogP contribution in [0.25, 0.3) is 22.6 Å². The van der Waals surface area contributed by atoms with Gasteiger partial charge in [-0.1, -0.05) is 6.07 Å². The van der Waals surface area contributed by atoms with E-state index in [9.17, 15) is 0 Å². The minimum atomic E-state index is 0.196. The zero-order valence-electron chi connectivity index (χ0n) is 15.4. The first-order chi connectivity index (χ1) is 13.0. The van der Waals surface area contributed by atoms with Gasteiger partial charge in [0.1, 0.15) is 0 Å². The zero-order valence-corrected chi connectivity index (χ0v) is 16.1. The molecule has 0 bridgehead atoms. The van der Waals surface area contributed by atoms with Crippen LogP contribution in [0.5, 0.6) is 0 Å². The van der Waals surface area contributed by atoms with Gasteiger partial charge in [-0.05, 0) is 49.2 Å². The lowest BCUT2D eigenvalue weighted by Crippen LogP contribution is -2.07. The summed E-state index contributed by atoms with van der Waals surface area (Å²) >= 11 is 6.15. The van der Waals surface area contributed by atoms with Gasteiger partial charge in [0.25, 0.3) is 0 Å². The van der Waals surface area contributed by atoms with Gasteiger partial charge in [0.2, 0.25) is 5.28 Å². The summed E-state index contributed by atoms with van der Waals surface area (Å²) in [7, 11) is 2.01. The van der Waals surface area contributed by atoms with Gasteiger partial charge in [0, 0.05) is 32.0 Å². The standard InChI is InChI=1S/C19H20ClN7/c1-12(2)27-11-23-16-17(24-19(20)25-18(16)27)22-10-13-6-4-8-21-15(13)14-7-5-9-26(14)3/h4-9,11-12H,10H2,1-3H3,(H,22,24,25). The van der Waals surface area contributed by atoms with Gasteiger partial charge in [0.05, 0.1) is 17.7 Å². The lowest BCUT2D eigenvalue weighted by molar-refractivity contribution is 0.612. The normalized spacial score (nSPS) is 11.4. The first-order valence-corrected chi connectivity index (χ1v) is 9.12. The number of hydrogen-bond donors (Lipinski definition) is 1. The largest absolute Gasteiger partial charge is 0.364 e. The maximum atomic E-state index is 6.15. The number of hydrogen-bond acceptors (Lipinski definition) is 5. The Hall–Kier alpha value is -2.93. The predicted molar refractivity (Wildman–Crippen MR) is 107 cm³/mol. The maximum Gasteiger partial charge on any atom is 0.226 e. The number of aryl methyl sites for hydroxylation is 1. The predicted octanol–water partition coefficient (Wildman–Crippen LogP) is 4.07. The van der Waals surface area contributed by atoms with Crippen LogP contribution in [0.1, 0.15) is 25.5 Å². The van der Waals surface area contributed by atoms with Crippen LogP contribution in [-0.2, 0) is 13.6 Å². The van der Waals surface area contributed by atoms with Crippen LogP contribution in [-0.4, -0.2) is 29.1 Å². The fraction of sp³-hybridized carbons (Fsp3) is 0.263. The molecular weight excluding hydrogens is 362 g/mol. The van der Waals surface area contributed by atoms with Gasteiger partial charge < -0.3 is 14.5 Å². The van der Waals surface area contributed by atoms with E-state index in [1.165, 1.54) is 0 Å². The fourth-order valence-electron chi connectivity index (χ4n) is 3.09. The van der Waals surface area contributed by atoms with Crippen LogP contribution in [0, 0.1) is 0 Å². The van der Waals surface area contributed by atoms with Crippen molar-refractivity contribution in [2.75, 3.05) is 5.32 Å². The number of fused-ring (bicyclic) bond motifs is 1. The molecule has 4 aromatic heterocycles. The van der Waals surface area contributed by atoms with Gasteiger partial charge in [0.15, 0.2) is 17.0 Å². The fourth-order valence-corrected chi connectivity index (χ4v) is 3.25. The Balaban J connectivity index is 1.68. The summed E-state index contributed by atoms with van der Waals surface area (Å²) in [4.78, 5) is 17.7. The molecule has 0 saturated heterocycles. The average molecular weight is 382 g/mol. The van der Waals surface area contributed by atoms with Crippen LogP contribution >= 0.6 is 11.6 Å². The van der Waals surface area contributed by atoms with Crippen molar-refractivity contribution in [3.05, 3.63) is 53.8 Å². The molecule has 7 nitrogen and oxygen atoms in total. The average Bonchev–Trinajstić information content (AvgIpc) is 3.26. The van der Waals surface area contributed by atoms with Crippen molar-refractivity contribution in [1.82, 2.24) is 29.1 Å². The third-order valence-electron chi connectivity index (χ3n) is 4.47. The number of halogens is 1. The molecular formula is C19H20ClN7. The minimum absolute atomic E-state index is 0.196. The molecule has 8 heteroatoms. The molecule has 0 unspecified atom stereocenters. The van der Waals surface area contributed by atoms with Gasteiger partial charge in [-0.25, -0.2) is 4.98 Å². The molecule has 0 aliphatic carbocycles. The van der Waals surface area contributed by atoms with E-state index in [4.69, 9.17) is 11.6 Å². The van der Waals surface area contributed by atoms with Gasteiger partial charge >= 0.3 is 0 Å². The molecule has 4 rings (SSSR count). The van der Waals surface area contributed by atoms with Crippen molar-refractivity contribution in [1.29, 1.82) is 0 Å². The highest BCUT2D eigenvalue weighted by molar-refractivity contribution is 6.28. The molecule has 0 aliphatic rings. The van der Waals surface area contributed by atoms with Crippen molar-refractivity contribution in [2.24, 2.45) is 7.05 Å². The number of anilines is 1. The number of nitrogens with one attached hydrogen (secondary N) is 1. The summed E-state index contributed by atoms with van der Waals surface area (Å²) in [5.74, 6) is 0.617. The molecule has 4 aromatic rings. The van der Waals surface area contributed by atoms with Crippen LogP contribution in [0.15, 0.2) is 43.0 Å². The Morgan fingerprint density at radius 3 is 2.74 bits per heavy atom. The van der Waals surface area contributed by atoms with E-state index in [2.05, 4.69) is 55.8 Å². The van der Waals surface area contributed by atoms with Crippen molar-refractivity contribution >= 4 is 28.6 Å². The quantitative estimate of drug-likeness (QED) is 0.527. The van der Waals surface area contributed by atoms with E-state index in [1.54, 1.807) is 12.5 Å². The third-order valence-corrected chi connectivity index (χ3v) is 4.64. The summed E-state index contributed by atoms with van der Waals surface area (Å²) in [5, 5.41) is 3.55. The Kier molecular flexibility index (Phi) is 4.53. The summed E-state index contributed by atoms with van der Waals surface area (Å²) < 4.78 is 4.03. The SMILES string of the molecule is CC(C)n1cnc2c(NCc3cccnc3-c3cccn3C)nc(Cl)nc21. The molecule has 1 N–H and O–H groups in total. The lowest BCUT2D eigenvalue weighted by atomic mass is 10.1. The summed E-state index contributed by atoms with van der Waals surface area (Å²) in [6.45, 7) is 4.70. The highest BCUT2D eigenvalue weighted by atomic mass is 35.5. The third kappa shape index (κ3) is 3.26. The second-order valence-corrected chi connectivity index (χ2v) is 6.97. The van der Waals surface area contributed by atoms with E-state index in [-0.39, 0.29) is 11.3 Å².